The van der Waals surface area contributed by atoms with Crippen LogP contribution in [0.1, 0.15) is 36.5 Å². The minimum absolute atomic E-state index is 0.0919. The van der Waals surface area contributed by atoms with Gasteiger partial charge in [-0.1, -0.05) is 19.8 Å². The number of aryl methyl sites for hydroxylation is 1. The van der Waals surface area contributed by atoms with Crippen LogP contribution in [0.2, 0.25) is 0 Å². The molecule has 76 valence electrons. The number of hydrogen-bond donors (Lipinski definition) is 0. The highest BCUT2D eigenvalue weighted by Crippen LogP contribution is 1.97. The molecule has 0 saturated heterocycles. The third kappa shape index (κ3) is 2.83. The first-order chi connectivity index (χ1) is 6.77. The third-order valence-electron chi connectivity index (χ3n) is 2.16. The Kier molecular flexibility index (Phi) is 4.11. The second-order valence-electron chi connectivity index (χ2n) is 3.32. The second-order valence-corrected chi connectivity index (χ2v) is 3.32. The highest BCUT2D eigenvalue weighted by molar-refractivity contribution is 5.74. The lowest BCUT2D eigenvalue weighted by Gasteiger charge is -2.03. The normalized spacial score (nSPS) is 10.1. The summed E-state index contributed by atoms with van der Waals surface area (Å²) in [4.78, 5) is 21.8. The lowest BCUT2D eigenvalue weighted by Crippen LogP contribution is -2.19. The van der Waals surface area contributed by atoms with Crippen LogP contribution in [0.4, 0.5) is 0 Å². The van der Waals surface area contributed by atoms with Crippen molar-refractivity contribution >= 4 is 6.29 Å². The van der Waals surface area contributed by atoms with E-state index in [-0.39, 0.29) is 5.56 Å². The van der Waals surface area contributed by atoms with Gasteiger partial charge < -0.3 is 4.57 Å². The molecule has 14 heavy (non-hydrogen) atoms. The Morgan fingerprint density at radius 1 is 1.43 bits per heavy atom. The van der Waals surface area contributed by atoms with Gasteiger partial charge in [0.25, 0.3) is 5.56 Å². The Bertz CT molecular complexity index is 355. The van der Waals surface area contributed by atoms with Crippen molar-refractivity contribution in [3.05, 3.63) is 34.2 Å². The molecule has 0 bridgehead atoms. The Morgan fingerprint density at radius 3 is 2.79 bits per heavy atom. The maximum absolute atomic E-state index is 11.4. The van der Waals surface area contributed by atoms with E-state index in [1.165, 1.54) is 6.07 Å². The van der Waals surface area contributed by atoms with Gasteiger partial charge in [0.05, 0.1) is 0 Å². The minimum atomic E-state index is -0.0919. The van der Waals surface area contributed by atoms with E-state index < -0.39 is 0 Å². The number of rotatable bonds is 5. The van der Waals surface area contributed by atoms with Gasteiger partial charge in [-0.15, -0.1) is 0 Å². The van der Waals surface area contributed by atoms with Crippen LogP contribution in [0.15, 0.2) is 23.1 Å². The summed E-state index contributed by atoms with van der Waals surface area (Å²) in [5.41, 5.74) is 0.354. The molecule has 1 heterocycles. The fourth-order valence-corrected chi connectivity index (χ4v) is 1.31. The number of nitrogens with zero attached hydrogens (tertiary/aromatic N) is 1. The summed E-state index contributed by atoms with van der Waals surface area (Å²) in [6.07, 6.45) is 5.65. The topological polar surface area (TPSA) is 39.1 Å². The molecule has 0 aliphatic rings. The molecule has 0 atom stereocenters. The average Bonchev–Trinajstić information content (AvgIpc) is 2.20. The predicted molar refractivity (Wildman–Crippen MR) is 55.6 cm³/mol. The highest BCUT2D eigenvalue weighted by atomic mass is 16.1. The van der Waals surface area contributed by atoms with Crippen LogP contribution in [0, 0.1) is 0 Å². The van der Waals surface area contributed by atoms with Crippen molar-refractivity contribution < 1.29 is 4.79 Å². The molecule has 0 unspecified atom stereocenters. The number of aromatic nitrogens is 1. The Labute approximate surface area is 83.4 Å². The SMILES string of the molecule is CCCCCn1ccc(C=O)cc1=O. The summed E-state index contributed by atoms with van der Waals surface area (Å²) in [7, 11) is 0. The van der Waals surface area contributed by atoms with Crippen LogP contribution in [0.3, 0.4) is 0 Å². The van der Waals surface area contributed by atoms with Crippen molar-refractivity contribution in [3.63, 3.8) is 0 Å². The summed E-state index contributed by atoms with van der Waals surface area (Å²) in [5, 5.41) is 0. The zero-order valence-corrected chi connectivity index (χ0v) is 8.40. The highest BCUT2D eigenvalue weighted by Gasteiger charge is 1.96. The second kappa shape index (κ2) is 5.37. The van der Waals surface area contributed by atoms with Gasteiger partial charge in [-0.25, -0.2) is 0 Å². The van der Waals surface area contributed by atoms with E-state index >= 15 is 0 Å². The van der Waals surface area contributed by atoms with E-state index in [0.717, 1.165) is 25.8 Å². The van der Waals surface area contributed by atoms with Crippen LogP contribution in [-0.2, 0) is 6.54 Å². The minimum Gasteiger partial charge on any atom is -0.315 e. The van der Waals surface area contributed by atoms with E-state index in [4.69, 9.17) is 0 Å². The van der Waals surface area contributed by atoms with Gasteiger partial charge in [-0.2, -0.15) is 0 Å². The first kappa shape index (κ1) is 10.7. The van der Waals surface area contributed by atoms with Crippen molar-refractivity contribution in [1.82, 2.24) is 4.57 Å². The molecule has 0 aliphatic carbocycles. The maximum atomic E-state index is 11.4. The fraction of sp³-hybridized carbons (Fsp3) is 0.455. The summed E-state index contributed by atoms with van der Waals surface area (Å²) >= 11 is 0. The van der Waals surface area contributed by atoms with Gasteiger partial charge in [0, 0.05) is 24.4 Å². The zero-order chi connectivity index (χ0) is 10.4. The molecular formula is C11H15NO2. The van der Waals surface area contributed by atoms with E-state index in [0.29, 0.717) is 11.8 Å². The molecule has 1 aromatic rings. The van der Waals surface area contributed by atoms with E-state index in [2.05, 4.69) is 6.92 Å². The van der Waals surface area contributed by atoms with E-state index in [1.807, 2.05) is 0 Å². The molecule has 3 heteroatoms. The zero-order valence-electron chi connectivity index (χ0n) is 8.40. The first-order valence-electron chi connectivity index (χ1n) is 4.93. The third-order valence-corrected chi connectivity index (χ3v) is 2.16. The van der Waals surface area contributed by atoms with Crippen LogP contribution in [0.5, 0.6) is 0 Å². The molecule has 1 aromatic heterocycles. The van der Waals surface area contributed by atoms with Gasteiger partial charge >= 0.3 is 0 Å². The molecular weight excluding hydrogens is 178 g/mol. The van der Waals surface area contributed by atoms with Crippen LogP contribution >= 0.6 is 0 Å². The fourth-order valence-electron chi connectivity index (χ4n) is 1.31. The average molecular weight is 193 g/mol. The van der Waals surface area contributed by atoms with Gasteiger partial charge in [0.1, 0.15) is 6.29 Å². The van der Waals surface area contributed by atoms with Crippen molar-refractivity contribution in [2.75, 3.05) is 0 Å². The standard InChI is InChI=1S/C11H15NO2/c1-2-3-4-6-12-7-5-10(9-13)8-11(12)14/h5,7-9H,2-4,6H2,1H3. The molecule has 0 saturated carbocycles. The molecule has 0 N–H and O–H groups in total. The largest absolute Gasteiger partial charge is 0.315 e. The monoisotopic (exact) mass is 193 g/mol. The molecule has 0 radical (unpaired) electrons. The summed E-state index contributed by atoms with van der Waals surface area (Å²) in [5.74, 6) is 0. The number of aldehydes is 1. The molecule has 0 spiro atoms. The summed E-state index contributed by atoms with van der Waals surface area (Å²) < 4.78 is 1.64. The smallest absolute Gasteiger partial charge is 0.251 e. The van der Waals surface area contributed by atoms with Crippen LogP contribution in [-0.4, -0.2) is 10.9 Å². The number of hydrogen-bond acceptors (Lipinski definition) is 2. The Hall–Kier alpha value is -1.38. The molecule has 0 fully saturated rings. The Balaban J connectivity index is 2.69. The quantitative estimate of drug-likeness (QED) is 0.528. The number of carbonyl (C=O) groups excluding carboxylic acids is 1. The molecule has 0 amide bonds. The van der Waals surface area contributed by atoms with Crippen molar-refractivity contribution in [1.29, 1.82) is 0 Å². The number of carbonyl (C=O) groups is 1. The summed E-state index contributed by atoms with van der Waals surface area (Å²) in [6.45, 7) is 2.87. The molecule has 0 aromatic carbocycles. The summed E-state index contributed by atoms with van der Waals surface area (Å²) in [6, 6.07) is 3.04. The van der Waals surface area contributed by atoms with Crippen molar-refractivity contribution in [2.45, 2.75) is 32.7 Å². The lowest BCUT2D eigenvalue weighted by atomic mass is 10.2. The molecule has 1 rings (SSSR count). The van der Waals surface area contributed by atoms with Gasteiger partial charge in [-0.05, 0) is 12.5 Å². The molecule has 0 aliphatic heterocycles. The number of unbranched alkanes of at least 4 members (excludes halogenated alkanes) is 2. The lowest BCUT2D eigenvalue weighted by molar-refractivity contribution is 0.112. The van der Waals surface area contributed by atoms with Gasteiger partial charge in [0.2, 0.25) is 0 Å². The Morgan fingerprint density at radius 2 is 2.21 bits per heavy atom. The van der Waals surface area contributed by atoms with Crippen LogP contribution < -0.4 is 5.56 Å². The number of pyridine rings is 1. The maximum Gasteiger partial charge on any atom is 0.251 e. The molecule has 3 nitrogen and oxygen atoms in total. The first-order valence-corrected chi connectivity index (χ1v) is 4.93. The van der Waals surface area contributed by atoms with Crippen LogP contribution in [0.25, 0.3) is 0 Å². The van der Waals surface area contributed by atoms with Gasteiger partial charge in [-0.3, -0.25) is 9.59 Å². The predicted octanol–water partition coefficient (Wildman–Crippen LogP) is 1.85. The van der Waals surface area contributed by atoms with Crippen molar-refractivity contribution in [3.8, 4) is 0 Å². The van der Waals surface area contributed by atoms with Crippen molar-refractivity contribution in [2.24, 2.45) is 0 Å². The van der Waals surface area contributed by atoms with Gasteiger partial charge in [0.15, 0.2) is 0 Å². The van der Waals surface area contributed by atoms with E-state index in [1.54, 1.807) is 16.8 Å². The van der Waals surface area contributed by atoms with E-state index in [9.17, 15) is 9.59 Å².